The van der Waals surface area contributed by atoms with E-state index in [1.807, 2.05) is 0 Å². The molecule has 4 nitrogen and oxygen atoms in total. The molecular formula is C12H12FNO3. The second-order valence-corrected chi connectivity index (χ2v) is 3.57. The monoisotopic (exact) mass is 237 g/mol. The Hall–Kier alpha value is -1.91. The summed E-state index contributed by atoms with van der Waals surface area (Å²) < 4.78 is 23.2. The van der Waals surface area contributed by atoms with Gasteiger partial charge in [-0.1, -0.05) is 0 Å². The molecule has 0 N–H and O–H groups in total. The number of ether oxygens (including phenoxy) is 2. The quantitative estimate of drug-likeness (QED) is 0.751. The van der Waals surface area contributed by atoms with Gasteiger partial charge in [-0.3, -0.25) is 9.79 Å². The van der Waals surface area contributed by atoms with E-state index >= 15 is 0 Å². The number of Topliss-reactive ketones (excluding diaryl/α,β-unsaturated/α-hetero) is 1. The summed E-state index contributed by atoms with van der Waals surface area (Å²) in [4.78, 5) is 15.9. The number of ketones is 1. The van der Waals surface area contributed by atoms with Crippen molar-refractivity contribution in [1.29, 1.82) is 0 Å². The standard InChI is InChI=1S/C12H12FNO3/c1-16-11-3-2-8(13)6-9(11)10(15)7-12-14-4-5-17-12/h2-3,6H,4-5,7H2,1H3. The molecule has 0 atom stereocenters. The highest BCUT2D eigenvalue weighted by Gasteiger charge is 2.18. The predicted octanol–water partition coefficient (Wildman–Crippen LogP) is 1.84. The number of hydrogen-bond acceptors (Lipinski definition) is 4. The molecule has 0 aromatic heterocycles. The van der Waals surface area contributed by atoms with Crippen molar-refractivity contribution in [3.63, 3.8) is 0 Å². The molecule has 90 valence electrons. The van der Waals surface area contributed by atoms with E-state index in [0.29, 0.717) is 24.8 Å². The minimum Gasteiger partial charge on any atom is -0.496 e. The van der Waals surface area contributed by atoms with Crippen molar-refractivity contribution in [2.45, 2.75) is 6.42 Å². The zero-order chi connectivity index (χ0) is 12.3. The van der Waals surface area contributed by atoms with Crippen molar-refractivity contribution in [3.8, 4) is 5.75 Å². The number of carbonyl (C=O) groups excluding carboxylic acids is 1. The average Bonchev–Trinajstić information content (AvgIpc) is 2.81. The lowest BCUT2D eigenvalue weighted by molar-refractivity contribution is 0.0991. The van der Waals surface area contributed by atoms with Crippen LogP contribution in [0.15, 0.2) is 23.2 Å². The molecule has 0 spiro atoms. The number of aliphatic imine (C=N–C) groups is 1. The summed E-state index contributed by atoms with van der Waals surface area (Å²) >= 11 is 0. The normalized spacial score (nSPS) is 14.1. The first kappa shape index (κ1) is 11.6. The number of halogens is 1. The van der Waals surface area contributed by atoms with Crippen LogP contribution in [0.25, 0.3) is 0 Å². The smallest absolute Gasteiger partial charge is 0.191 e. The van der Waals surface area contributed by atoms with E-state index in [1.54, 1.807) is 0 Å². The van der Waals surface area contributed by atoms with Gasteiger partial charge in [-0.15, -0.1) is 0 Å². The van der Waals surface area contributed by atoms with Gasteiger partial charge in [-0.2, -0.15) is 0 Å². The van der Waals surface area contributed by atoms with Crippen LogP contribution in [0.2, 0.25) is 0 Å². The molecular weight excluding hydrogens is 225 g/mol. The fourth-order valence-electron chi connectivity index (χ4n) is 1.62. The Kier molecular flexibility index (Phi) is 3.37. The Balaban J connectivity index is 2.20. The van der Waals surface area contributed by atoms with Crippen LogP contribution in [0.4, 0.5) is 4.39 Å². The number of nitrogens with zero attached hydrogens (tertiary/aromatic N) is 1. The molecule has 0 bridgehead atoms. The van der Waals surface area contributed by atoms with Gasteiger partial charge in [0.25, 0.3) is 0 Å². The topological polar surface area (TPSA) is 47.9 Å². The number of methoxy groups -OCH3 is 1. The number of benzene rings is 1. The van der Waals surface area contributed by atoms with E-state index in [9.17, 15) is 9.18 Å². The minimum absolute atomic E-state index is 0.0415. The van der Waals surface area contributed by atoms with E-state index in [4.69, 9.17) is 9.47 Å². The van der Waals surface area contributed by atoms with Crippen molar-refractivity contribution < 1.29 is 18.7 Å². The molecule has 2 rings (SSSR count). The van der Waals surface area contributed by atoms with Crippen LogP contribution in [-0.4, -0.2) is 31.9 Å². The van der Waals surface area contributed by atoms with Crippen molar-refractivity contribution in [2.75, 3.05) is 20.3 Å². The van der Waals surface area contributed by atoms with Gasteiger partial charge in [0, 0.05) is 0 Å². The summed E-state index contributed by atoms with van der Waals surface area (Å²) in [5.41, 5.74) is 0.214. The lowest BCUT2D eigenvalue weighted by Gasteiger charge is -2.07. The third-order valence-corrected chi connectivity index (χ3v) is 2.42. The second-order valence-electron chi connectivity index (χ2n) is 3.57. The van der Waals surface area contributed by atoms with E-state index < -0.39 is 5.82 Å². The van der Waals surface area contributed by atoms with E-state index in [-0.39, 0.29) is 17.8 Å². The van der Waals surface area contributed by atoms with Gasteiger partial charge < -0.3 is 9.47 Å². The fourth-order valence-corrected chi connectivity index (χ4v) is 1.62. The SMILES string of the molecule is COc1ccc(F)cc1C(=O)CC1=NCCO1. The van der Waals surface area contributed by atoms with Gasteiger partial charge >= 0.3 is 0 Å². The Bertz CT molecular complexity index is 471. The van der Waals surface area contributed by atoms with Gasteiger partial charge in [-0.05, 0) is 18.2 Å². The molecule has 0 unspecified atom stereocenters. The Labute approximate surface area is 98.1 Å². The largest absolute Gasteiger partial charge is 0.496 e. The lowest BCUT2D eigenvalue weighted by Crippen LogP contribution is -2.10. The third kappa shape index (κ3) is 2.61. The van der Waals surface area contributed by atoms with Crippen LogP contribution in [0.1, 0.15) is 16.8 Å². The number of hydrogen-bond donors (Lipinski definition) is 0. The summed E-state index contributed by atoms with van der Waals surface area (Å²) in [6.45, 7) is 1.08. The van der Waals surface area contributed by atoms with Crippen molar-refractivity contribution in [3.05, 3.63) is 29.6 Å². The van der Waals surface area contributed by atoms with Crippen molar-refractivity contribution in [2.24, 2.45) is 4.99 Å². The van der Waals surface area contributed by atoms with Gasteiger partial charge in [-0.25, -0.2) is 4.39 Å². The molecule has 0 amide bonds. The first-order valence-electron chi connectivity index (χ1n) is 5.23. The highest BCUT2D eigenvalue weighted by Crippen LogP contribution is 2.21. The van der Waals surface area contributed by atoms with Crippen molar-refractivity contribution >= 4 is 11.7 Å². The maximum atomic E-state index is 13.1. The molecule has 0 aliphatic carbocycles. The molecule has 1 heterocycles. The van der Waals surface area contributed by atoms with E-state index in [2.05, 4.69) is 4.99 Å². The molecule has 0 saturated heterocycles. The summed E-state index contributed by atoms with van der Waals surface area (Å²) in [5, 5.41) is 0. The molecule has 17 heavy (non-hydrogen) atoms. The molecule has 0 saturated carbocycles. The molecule has 1 aromatic rings. The molecule has 1 aromatic carbocycles. The highest BCUT2D eigenvalue weighted by molar-refractivity contribution is 6.09. The van der Waals surface area contributed by atoms with Crippen LogP contribution in [0.3, 0.4) is 0 Å². The lowest BCUT2D eigenvalue weighted by atomic mass is 10.1. The molecule has 5 heteroatoms. The first-order chi connectivity index (χ1) is 8.20. The molecule has 1 aliphatic heterocycles. The molecule has 0 fully saturated rings. The number of rotatable bonds is 4. The summed E-state index contributed by atoms with van der Waals surface area (Å²) in [7, 11) is 1.44. The zero-order valence-electron chi connectivity index (χ0n) is 9.40. The highest BCUT2D eigenvalue weighted by atomic mass is 19.1. The van der Waals surface area contributed by atoms with Gasteiger partial charge in [0.2, 0.25) is 0 Å². The fraction of sp³-hybridized carbons (Fsp3) is 0.333. The summed E-state index contributed by atoms with van der Waals surface area (Å²) in [6.07, 6.45) is 0.0415. The Morgan fingerprint density at radius 3 is 3.06 bits per heavy atom. The Morgan fingerprint density at radius 2 is 2.41 bits per heavy atom. The average molecular weight is 237 g/mol. The maximum Gasteiger partial charge on any atom is 0.191 e. The molecule has 0 radical (unpaired) electrons. The first-order valence-corrected chi connectivity index (χ1v) is 5.23. The molecule has 1 aliphatic rings. The van der Waals surface area contributed by atoms with Gasteiger partial charge in [0.1, 0.15) is 18.2 Å². The number of carbonyl (C=O) groups is 1. The van der Waals surface area contributed by atoms with Crippen LogP contribution in [0, 0.1) is 5.82 Å². The maximum absolute atomic E-state index is 13.1. The van der Waals surface area contributed by atoms with Crippen LogP contribution in [-0.2, 0) is 4.74 Å². The zero-order valence-corrected chi connectivity index (χ0v) is 9.40. The van der Waals surface area contributed by atoms with Gasteiger partial charge in [0.15, 0.2) is 11.7 Å². The van der Waals surface area contributed by atoms with Crippen LogP contribution < -0.4 is 4.74 Å². The third-order valence-electron chi connectivity index (χ3n) is 2.42. The predicted molar refractivity (Wildman–Crippen MR) is 60.2 cm³/mol. The Morgan fingerprint density at radius 1 is 1.59 bits per heavy atom. The van der Waals surface area contributed by atoms with Crippen molar-refractivity contribution in [1.82, 2.24) is 0 Å². The van der Waals surface area contributed by atoms with Gasteiger partial charge in [0.05, 0.1) is 25.6 Å². The van der Waals surface area contributed by atoms with E-state index in [1.165, 1.54) is 19.2 Å². The van der Waals surface area contributed by atoms with Crippen LogP contribution >= 0.6 is 0 Å². The minimum atomic E-state index is -0.469. The summed E-state index contributed by atoms with van der Waals surface area (Å²) in [6, 6.07) is 3.84. The summed E-state index contributed by atoms with van der Waals surface area (Å²) in [5.74, 6) is 0.0294. The van der Waals surface area contributed by atoms with E-state index in [0.717, 1.165) is 6.07 Å². The van der Waals surface area contributed by atoms with Crippen LogP contribution in [0.5, 0.6) is 5.75 Å². The second kappa shape index (κ2) is 4.95.